The van der Waals surface area contributed by atoms with Gasteiger partial charge in [-0.05, 0) is 19.3 Å². The van der Waals surface area contributed by atoms with Gasteiger partial charge in [0.05, 0.1) is 5.41 Å². The van der Waals surface area contributed by atoms with E-state index in [-0.39, 0.29) is 0 Å². The molecule has 0 aromatic heterocycles. The highest BCUT2D eigenvalue weighted by atomic mass is 79.9. The molecule has 2 heteroatoms. The number of allylic oxidation sites excluding steroid dienone is 3. The third kappa shape index (κ3) is 2.81. The van der Waals surface area contributed by atoms with Gasteiger partial charge < -0.3 is 0 Å². The summed E-state index contributed by atoms with van der Waals surface area (Å²) in [4.78, 5) is 12.1. The van der Waals surface area contributed by atoms with Gasteiger partial charge in [-0.25, -0.2) is 0 Å². The second kappa shape index (κ2) is 5.64. The first-order valence-electron chi connectivity index (χ1n) is 5.69. The lowest BCUT2D eigenvalue weighted by molar-refractivity contribution is -0.124. The minimum atomic E-state index is -0.424. The molecular formula is C13H19BrO. The highest BCUT2D eigenvalue weighted by molar-refractivity contribution is 9.11. The number of ketones is 1. The number of Topliss-reactive ketones (excluding diaryl/α,β-unsaturated/α-hetero) is 1. The molecule has 0 heterocycles. The summed E-state index contributed by atoms with van der Waals surface area (Å²) in [5.74, 6) is 0.326. The van der Waals surface area contributed by atoms with E-state index in [1.54, 1.807) is 0 Å². The van der Waals surface area contributed by atoms with Crippen LogP contribution in [0.5, 0.6) is 0 Å². The van der Waals surface area contributed by atoms with E-state index in [4.69, 9.17) is 0 Å². The molecule has 0 amide bonds. The number of hydrogen-bond donors (Lipinski definition) is 0. The largest absolute Gasteiger partial charge is 0.298 e. The molecule has 1 unspecified atom stereocenters. The average molecular weight is 271 g/mol. The molecular weight excluding hydrogens is 252 g/mol. The van der Waals surface area contributed by atoms with E-state index < -0.39 is 5.41 Å². The van der Waals surface area contributed by atoms with Gasteiger partial charge in [-0.2, -0.15) is 0 Å². The van der Waals surface area contributed by atoms with E-state index in [1.807, 2.05) is 0 Å². The van der Waals surface area contributed by atoms with Crippen LogP contribution in [0.3, 0.4) is 0 Å². The molecule has 1 atom stereocenters. The first-order valence-corrected chi connectivity index (χ1v) is 6.48. The highest BCUT2D eigenvalue weighted by Gasteiger charge is 2.36. The third-order valence-electron chi connectivity index (χ3n) is 3.08. The Bertz CT molecular complexity index is 280. The van der Waals surface area contributed by atoms with Crippen LogP contribution in [0.2, 0.25) is 0 Å². The fourth-order valence-electron chi connectivity index (χ4n) is 2.04. The third-order valence-corrected chi connectivity index (χ3v) is 3.79. The van der Waals surface area contributed by atoms with Crippen molar-refractivity contribution in [3.8, 4) is 0 Å². The lowest BCUT2D eigenvalue weighted by atomic mass is 9.78. The Labute approximate surface area is 101 Å². The van der Waals surface area contributed by atoms with Crippen molar-refractivity contribution in [2.75, 3.05) is 0 Å². The van der Waals surface area contributed by atoms with Crippen molar-refractivity contribution in [3.63, 3.8) is 0 Å². The molecule has 0 spiro atoms. The molecule has 0 aromatic rings. The number of carbonyl (C=O) groups is 1. The molecule has 0 saturated carbocycles. The predicted octanol–water partition coefficient (Wildman–Crippen LogP) is 4.38. The standard InChI is InChI=1S/C13H19BrO/c1-3-4-9-13(11(2)14)10-7-5-6-8-12(13)15/h7,10H,2-6,8-9H2,1H3. The predicted molar refractivity (Wildman–Crippen MR) is 68.0 cm³/mol. The Hall–Kier alpha value is -0.370. The van der Waals surface area contributed by atoms with Gasteiger partial charge >= 0.3 is 0 Å². The second-order valence-corrected chi connectivity index (χ2v) is 5.15. The number of halogens is 1. The van der Waals surface area contributed by atoms with Crippen LogP contribution in [0.25, 0.3) is 0 Å². The molecule has 0 aromatic carbocycles. The summed E-state index contributed by atoms with van der Waals surface area (Å²) in [6.45, 7) is 6.09. The Morgan fingerprint density at radius 1 is 1.67 bits per heavy atom. The summed E-state index contributed by atoms with van der Waals surface area (Å²) in [6, 6.07) is 0. The first kappa shape index (κ1) is 12.7. The summed E-state index contributed by atoms with van der Waals surface area (Å²) in [6.07, 6.45) is 9.94. The quantitative estimate of drug-likeness (QED) is 0.693. The zero-order valence-electron chi connectivity index (χ0n) is 9.39. The summed E-state index contributed by atoms with van der Waals surface area (Å²) in [7, 11) is 0. The summed E-state index contributed by atoms with van der Waals surface area (Å²) in [5.41, 5.74) is -0.424. The van der Waals surface area contributed by atoms with Gasteiger partial charge in [0.25, 0.3) is 0 Å². The Kier molecular flexibility index (Phi) is 4.78. The zero-order chi connectivity index (χ0) is 11.3. The van der Waals surface area contributed by atoms with Crippen molar-refractivity contribution in [2.45, 2.75) is 45.4 Å². The van der Waals surface area contributed by atoms with Gasteiger partial charge in [-0.1, -0.05) is 54.4 Å². The van der Waals surface area contributed by atoms with Gasteiger partial charge in [0.1, 0.15) is 5.78 Å². The Morgan fingerprint density at radius 2 is 2.40 bits per heavy atom. The molecule has 0 bridgehead atoms. The lowest BCUT2D eigenvalue weighted by Crippen LogP contribution is -2.28. The molecule has 1 aliphatic rings. The van der Waals surface area contributed by atoms with Gasteiger partial charge in [-0.15, -0.1) is 0 Å². The molecule has 0 N–H and O–H groups in total. The minimum absolute atomic E-state index is 0.326. The monoisotopic (exact) mass is 270 g/mol. The molecule has 0 radical (unpaired) electrons. The van der Waals surface area contributed by atoms with E-state index in [2.05, 4.69) is 41.6 Å². The van der Waals surface area contributed by atoms with Crippen LogP contribution >= 0.6 is 15.9 Å². The fourth-order valence-corrected chi connectivity index (χ4v) is 2.59. The van der Waals surface area contributed by atoms with Crippen molar-refractivity contribution in [1.29, 1.82) is 0 Å². The zero-order valence-corrected chi connectivity index (χ0v) is 11.0. The van der Waals surface area contributed by atoms with Crippen molar-refractivity contribution in [3.05, 3.63) is 23.2 Å². The first-order chi connectivity index (χ1) is 7.13. The van der Waals surface area contributed by atoms with Gasteiger partial charge in [-0.3, -0.25) is 4.79 Å². The molecule has 0 aliphatic heterocycles. The van der Waals surface area contributed by atoms with E-state index in [0.29, 0.717) is 12.2 Å². The number of rotatable bonds is 4. The van der Waals surface area contributed by atoms with Crippen molar-refractivity contribution >= 4 is 21.7 Å². The average Bonchev–Trinajstić information content (AvgIpc) is 2.38. The molecule has 0 fully saturated rings. The Morgan fingerprint density at radius 3 is 3.00 bits per heavy atom. The molecule has 15 heavy (non-hydrogen) atoms. The van der Waals surface area contributed by atoms with Crippen LogP contribution < -0.4 is 0 Å². The van der Waals surface area contributed by atoms with Crippen LogP contribution in [0, 0.1) is 5.41 Å². The van der Waals surface area contributed by atoms with Gasteiger partial charge in [0.2, 0.25) is 0 Å². The maximum absolute atomic E-state index is 12.1. The van der Waals surface area contributed by atoms with Crippen molar-refractivity contribution in [2.24, 2.45) is 5.41 Å². The number of unbranched alkanes of at least 4 members (excludes halogenated alkanes) is 1. The maximum atomic E-state index is 12.1. The summed E-state index contributed by atoms with van der Waals surface area (Å²) in [5, 5.41) is 0. The van der Waals surface area contributed by atoms with Gasteiger partial charge in [0.15, 0.2) is 0 Å². The second-order valence-electron chi connectivity index (χ2n) is 4.20. The van der Waals surface area contributed by atoms with Crippen LogP contribution in [0.4, 0.5) is 0 Å². The van der Waals surface area contributed by atoms with Crippen molar-refractivity contribution < 1.29 is 4.79 Å². The molecule has 1 rings (SSSR count). The smallest absolute Gasteiger partial charge is 0.147 e. The fraction of sp³-hybridized carbons (Fsp3) is 0.615. The molecule has 0 saturated heterocycles. The van der Waals surface area contributed by atoms with Crippen LogP contribution in [0.15, 0.2) is 23.2 Å². The van der Waals surface area contributed by atoms with Crippen LogP contribution in [0.1, 0.15) is 45.4 Å². The van der Waals surface area contributed by atoms with Crippen molar-refractivity contribution in [1.82, 2.24) is 0 Å². The van der Waals surface area contributed by atoms with E-state index in [0.717, 1.165) is 36.6 Å². The van der Waals surface area contributed by atoms with E-state index in [1.165, 1.54) is 0 Å². The number of carbonyl (C=O) groups excluding carboxylic acids is 1. The SMILES string of the molecule is C=C(Br)C1(CCCC)C=CCCCC1=O. The molecule has 84 valence electrons. The summed E-state index contributed by atoms with van der Waals surface area (Å²) >= 11 is 3.43. The van der Waals surface area contributed by atoms with Crippen LogP contribution in [-0.4, -0.2) is 5.78 Å². The Balaban J connectivity index is 2.94. The number of hydrogen-bond acceptors (Lipinski definition) is 1. The normalized spacial score (nSPS) is 26.4. The molecule has 1 nitrogen and oxygen atoms in total. The summed E-state index contributed by atoms with van der Waals surface area (Å²) < 4.78 is 0.826. The minimum Gasteiger partial charge on any atom is -0.298 e. The maximum Gasteiger partial charge on any atom is 0.147 e. The highest BCUT2D eigenvalue weighted by Crippen LogP contribution is 2.41. The van der Waals surface area contributed by atoms with E-state index in [9.17, 15) is 4.79 Å². The van der Waals surface area contributed by atoms with E-state index >= 15 is 0 Å². The lowest BCUT2D eigenvalue weighted by Gasteiger charge is -2.27. The van der Waals surface area contributed by atoms with Crippen LogP contribution in [-0.2, 0) is 4.79 Å². The molecule has 1 aliphatic carbocycles. The topological polar surface area (TPSA) is 17.1 Å². The van der Waals surface area contributed by atoms with Gasteiger partial charge in [0, 0.05) is 10.9 Å².